The van der Waals surface area contributed by atoms with E-state index in [1.165, 1.54) is 0 Å². The molecule has 0 unspecified atom stereocenters. The van der Waals surface area contributed by atoms with Crippen LogP contribution in [0, 0.1) is 0 Å². The molecule has 3 rings (SSSR count). The second kappa shape index (κ2) is 4.90. The Bertz CT molecular complexity index is 743. The molecule has 0 saturated heterocycles. The summed E-state index contributed by atoms with van der Waals surface area (Å²) in [4.78, 5) is 4.31. The van der Waals surface area contributed by atoms with Gasteiger partial charge in [0.1, 0.15) is 11.5 Å². The molecule has 0 atom stereocenters. The number of ether oxygens (including phenoxy) is 1. The predicted molar refractivity (Wildman–Crippen MR) is 80.4 cm³/mol. The minimum Gasteiger partial charge on any atom is -0.456 e. The van der Waals surface area contributed by atoms with Crippen LogP contribution in [-0.2, 0) is 0 Å². The standard InChI is InChI=1S/C15H11BrN2O/c16-13-8-11(17)4-6-15(13)19-12-5-3-10-2-1-7-18-14(10)9-12/h1-9H,17H2. The molecule has 2 aromatic carbocycles. The van der Waals surface area contributed by atoms with Crippen molar-refractivity contribution < 1.29 is 4.74 Å². The molecule has 0 aliphatic heterocycles. The van der Waals surface area contributed by atoms with Crippen molar-refractivity contribution in [2.45, 2.75) is 0 Å². The Balaban J connectivity index is 1.96. The molecule has 94 valence electrons. The van der Waals surface area contributed by atoms with Crippen LogP contribution in [0.15, 0.2) is 59.2 Å². The predicted octanol–water partition coefficient (Wildman–Crippen LogP) is 4.37. The Kier molecular flexibility index (Phi) is 3.09. The molecule has 19 heavy (non-hydrogen) atoms. The van der Waals surface area contributed by atoms with Crippen LogP contribution < -0.4 is 10.5 Å². The fraction of sp³-hybridized carbons (Fsp3) is 0. The van der Waals surface area contributed by atoms with Crippen molar-refractivity contribution in [2.75, 3.05) is 5.73 Å². The van der Waals surface area contributed by atoms with Crippen molar-refractivity contribution in [1.29, 1.82) is 0 Å². The summed E-state index contributed by atoms with van der Waals surface area (Å²) >= 11 is 3.43. The van der Waals surface area contributed by atoms with Crippen LogP contribution in [0.25, 0.3) is 10.9 Å². The van der Waals surface area contributed by atoms with E-state index in [1.807, 2.05) is 42.5 Å². The van der Waals surface area contributed by atoms with E-state index in [2.05, 4.69) is 20.9 Å². The molecule has 0 spiro atoms. The average Bonchev–Trinajstić information content (AvgIpc) is 2.42. The zero-order valence-electron chi connectivity index (χ0n) is 10.0. The number of nitrogen functional groups attached to an aromatic ring is 1. The number of anilines is 1. The van der Waals surface area contributed by atoms with Crippen LogP contribution >= 0.6 is 15.9 Å². The summed E-state index contributed by atoms with van der Waals surface area (Å²) in [5.41, 5.74) is 7.30. The first-order chi connectivity index (χ1) is 9.22. The maximum atomic E-state index is 5.83. The number of nitrogens with two attached hydrogens (primary N) is 1. The van der Waals surface area contributed by atoms with Gasteiger partial charge in [0, 0.05) is 23.3 Å². The molecular formula is C15H11BrN2O. The number of rotatable bonds is 2. The first-order valence-electron chi connectivity index (χ1n) is 5.80. The van der Waals surface area contributed by atoms with Crippen LogP contribution in [0.1, 0.15) is 0 Å². The summed E-state index contributed by atoms with van der Waals surface area (Å²) in [5.74, 6) is 1.47. The van der Waals surface area contributed by atoms with Crippen LogP contribution in [0.3, 0.4) is 0 Å². The van der Waals surface area contributed by atoms with Gasteiger partial charge in [-0.25, -0.2) is 0 Å². The number of pyridine rings is 1. The number of fused-ring (bicyclic) bond motifs is 1. The summed E-state index contributed by atoms with van der Waals surface area (Å²) in [6.07, 6.45) is 1.77. The molecule has 0 fully saturated rings. The molecule has 1 heterocycles. The van der Waals surface area contributed by atoms with E-state index in [1.54, 1.807) is 12.3 Å². The van der Waals surface area contributed by atoms with Gasteiger partial charge in [0.25, 0.3) is 0 Å². The van der Waals surface area contributed by atoms with E-state index in [9.17, 15) is 0 Å². The van der Waals surface area contributed by atoms with Gasteiger partial charge >= 0.3 is 0 Å². The first-order valence-corrected chi connectivity index (χ1v) is 6.59. The Morgan fingerprint density at radius 3 is 2.79 bits per heavy atom. The maximum Gasteiger partial charge on any atom is 0.141 e. The molecule has 0 aliphatic carbocycles. The van der Waals surface area contributed by atoms with Crippen LogP contribution in [0.5, 0.6) is 11.5 Å². The van der Waals surface area contributed by atoms with E-state index in [0.29, 0.717) is 5.69 Å². The molecule has 1 aromatic heterocycles. The molecule has 0 amide bonds. The monoisotopic (exact) mass is 314 g/mol. The number of hydrogen-bond acceptors (Lipinski definition) is 3. The van der Waals surface area contributed by atoms with E-state index < -0.39 is 0 Å². The second-order valence-electron chi connectivity index (χ2n) is 4.15. The number of hydrogen-bond donors (Lipinski definition) is 1. The van der Waals surface area contributed by atoms with Gasteiger partial charge in [-0.2, -0.15) is 0 Å². The van der Waals surface area contributed by atoms with Crippen LogP contribution in [0.2, 0.25) is 0 Å². The largest absolute Gasteiger partial charge is 0.456 e. The van der Waals surface area contributed by atoms with Crippen molar-refractivity contribution in [1.82, 2.24) is 4.98 Å². The summed E-state index contributed by atoms with van der Waals surface area (Å²) in [6, 6.07) is 15.2. The molecule has 0 aliphatic rings. The van der Waals surface area contributed by atoms with Crippen molar-refractivity contribution in [3.05, 3.63) is 59.2 Å². The summed E-state index contributed by atoms with van der Waals surface area (Å²) < 4.78 is 6.66. The zero-order valence-corrected chi connectivity index (χ0v) is 11.6. The van der Waals surface area contributed by atoms with Gasteiger partial charge in [0.2, 0.25) is 0 Å². The van der Waals surface area contributed by atoms with Crippen molar-refractivity contribution in [2.24, 2.45) is 0 Å². The highest BCUT2D eigenvalue weighted by Crippen LogP contribution is 2.32. The minimum absolute atomic E-state index is 0.694. The topological polar surface area (TPSA) is 48.1 Å². The highest BCUT2D eigenvalue weighted by atomic mass is 79.9. The molecule has 0 bridgehead atoms. The van der Waals surface area contributed by atoms with Gasteiger partial charge < -0.3 is 10.5 Å². The third-order valence-electron chi connectivity index (χ3n) is 2.76. The zero-order chi connectivity index (χ0) is 13.2. The molecular weight excluding hydrogens is 304 g/mol. The minimum atomic E-state index is 0.694. The summed E-state index contributed by atoms with van der Waals surface area (Å²) in [7, 11) is 0. The van der Waals surface area contributed by atoms with Gasteiger partial charge in [-0.1, -0.05) is 6.07 Å². The number of halogens is 1. The van der Waals surface area contributed by atoms with Crippen LogP contribution in [0.4, 0.5) is 5.69 Å². The Hall–Kier alpha value is -2.07. The molecule has 0 saturated carbocycles. The molecule has 4 heteroatoms. The van der Waals surface area contributed by atoms with Gasteiger partial charge in [0.15, 0.2) is 0 Å². The third-order valence-corrected chi connectivity index (χ3v) is 3.38. The quantitative estimate of drug-likeness (QED) is 0.714. The lowest BCUT2D eigenvalue weighted by molar-refractivity contribution is 0.480. The van der Waals surface area contributed by atoms with E-state index >= 15 is 0 Å². The average molecular weight is 315 g/mol. The van der Waals surface area contributed by atoms with Gasteiger partial charge in [-0.3, -0.25) is 4.98 Å². The highest BCUT2D eigenvalue weighted by Gasteiger charge is 2.04. The lowest BCUT2D eigenvalue weighted by atomic mass is 10.2. The number of nitrogens with zero attached hydrogens (tertiary/aromatic N) is 1. The first kappa shape index (κ1) is 12.0. The molecule has 3 aromatic rings. The lowest BCUT2D eigenvalue weighted by Crippen LogP contribution is -1.89. The fourth-order valence-electron chi connectivity index (χ4n) is 1.84. The molecule has 3 nitrogen and oxygen atoms in total. The van der Waals surface area contributed by atoms with Gasteiger partial charge in [-0.05, 0) is 52.3 Å². The summed E-state index contributed by atoms with van der Waals surface area (Å²) in [5, 5.41) is 1.09. The normalized spacial score (nSPS) is 10.6. The Morgan fingerprint density at radius 1 is 1.05 bits per heavy atom. The number of benzene rings is 2. The van der Waals surface area contributed by atoms with Crippen molar-refractivity contribution in [3.8, 4) is 11.5 Å². The highest BCUT2D eigenvalue weighted by molar-refractivity contribution is 9.10. The van der Waals surface area contributed by atoms with E-state index in [-0.39, 0.29) is 0 Å². The van der Waals surface area contributed by atoms with Crippen molar-refractivity contribution >= 4 is 32.5 Å². The Morgan fingerprint density at radius 2 is 1.95 bits per heavy atom. The maximum absolute atomic E-state index is 5.83. The second-order valence-corrected chi connectivity index (χ2v) is 5.00. The van der Waals surface area contributed by atoms with E-state index in [0.717, 1.165) is 26.9 Å². The third kappa shape index (κ3) is 2.53. The lowest BCUT2D eigenvalue weighted by Gasteiger charge is -2.08. The van der Waals surface area contributed by atoms with Crippen molar-refractivity contribution in [3.63, 3.8) is 0 Å². The van der Waals surface area contributed by atoms with Gasteiger partial charge in [-0.15, -0.1) is 0 Å². The summed E-state index contributed by atoms with van der Waals surface area (Å²) in [6.45, 7) is 0. The van der Waals surface area contributed by atoms with Crippen LogP contribution in [-0.4, -0.2) is 4.98 Å². The molecule has 0 radical (unpaired) electrons. The Labute approximate surface area is 119 Å². The fourth-order valence-corrected chi connectivity index (χ4v) is 2.31. The van der Waals surface area contributed by atoms with Gasteiger partial charge in [0.05, 0.1) is 9.99 Å². The van der Waals surface area contributed by atoms with E-state index in [4.69, 9.17) is 10.5 Å². The number of aromatic nitrogens is 1. The smallest absolute Gasteiger partial charge is 0.141 e. The molecule has 2 N–H and O–H groups in total. The SMILES string of the molecule is Nc1ccc(Oc2ccc3cccnc3c2)c(Br)c1.